The molecule has 1 fully saturated rings. The number of carboxylic acid groups (broad SMARTS) is 2. The van der Waals surface area contributed by atoms with Crippen LogP contribution in [0.2, 0.25) is 0 Å². The fraction of sp³-hybridized carbons (Fsp3) is 0.333. The predicted molar refractivity (Wildman–Crippen MR) is 119 cm³/mol. The number of thioether (sulfide) groups is 1. The van der Waals surface area contributed by atoms with Gasteiger partial charge in [-0.15, -0.1) is 11.8 Å². The quantitative estimate of drug-likeness (QED) is 0.510. The second-order valence-electron chi connectivity index (χ2n) is 6.95. The summed E-state index contributed by atoms with van der Waals surface area (Å²) in [7, 11) is -3.38. The molecule has 3 rings (SSSR count). The van der Waals surface area contributed by atoms with Crippen LogP contribution in [-0.4, -0.2) is 72.2 Å². The highest BCUT2D eigenvalue weighted by molar-refractivity contribution is 7.98. The first-order valence-electron chi connectivity index (χ1n) is 9.52. The number of carbonyl (C=O) groups is 2. The Morgan fingerprint density at radius 1 is 0.903 bits per heavy atom. The van der Waals surface area contributed by atoms with E-state index >= 15 is 0 Å². The maximum absolute atomic E-state index is 12.7. The summed E-state index contributed by atoms with van der Waals surface area (Å²) in [6, 6.07) is 15.7. The second kappa shape index (κ2) is 11.3. The Morgan fingerprint density at radius 2 is 1.42 bits per heavy atom. The Balaban J connectivity index is 0.000000501. The summed E-state index contributed by atoms with van der Waals surface area (Å²) >= 11 is 1.74. The van der Waals surface area contributed by atoms with E-state index in [2.05, 4.69) is 35.4 Å². The lowest BCUT2D eigenvalue weighted by molar-refractivity contribution is -0.159. The van der Waals surface area contributed by atoms with Crippen molar-refractivity contribution in [2.45, 2.75) is 23.3 Å². The summed E-state index contributed by atoms with van der Waals surface area (Å²) in [4.78, 5) is 22.2. The van der Waals surface area contributed by atoms with Crippen molar-refractivity contribution in [1.29, 1.82) is 0 Å². The lowest BCUT2D eigenvalue weighted by Gasteiger charge is -2.34. The van der Waals surface area contributed by atoms with Crippen molar-refractivity contribution >= 4 is 33.7 Å². The molecule has 1 heterocycles. The van der Waals surface area contributed by atoms with Crippen molar-refractivity contribution in [2.24, 2.45) is 0 Å². The minimum absolute atomic E-state index is 0.388. The van der Waals surface area contributed by atoms with Gasteiger partial charge in [0.05, 0.1) is 4.90 Å². The molecule has 10 heteroatoms. The van der Waals surface area contributed by atoms with Gasteiger partial charge in [-0.3, -0.25) is 4.90 Å². The first-order valence-corrected chi connectivity index (χ1v) is 12.2. The smallest absolute Gasteiger partial charge is 0.414 e. The van der Waals surface area contributed by atoms with Gasteiger partial charge in [-0.2, -0.15) is 4.31 Å². The van der Waals surface area contributed by atoms with Gasteiger partial charge >= 0.3 is 11.9 Å². The summed E-state index contributed by atoms with van der Waals surface area (Å²) < 4.78 is 27.1. The van der Waals surface area contributed by atoms with Crippen molar-refractivity contribution in [3.63, 3.8) is 0 Å². The molecule has 2 aromatic carbocycles. The van der Waals surface area contributed by atoms with Gasteiger partial charge in [-0.05, 0) is 43.0 Å². The molecule has 0 bridgehead atoms. The summed E-state index contributed by atoms with van der Waals surface area (Å²) in [5.74, 6) is -3.65. The Kier molecular flexibility index (Phi) is 9.05. The molecule has 0 amide bonds. The Hall–Kier alpha value is -2.40. The van der Waals surface area contributed by atoms with Crippen LogP contribution in [0.3, 0.4) is 0 Å². The van der Waals surface area contributed by atoms with Crippen molar-refractivity contribution in [1.82, 2.24) is 9.21 Å². The molecule has 8 nitrogen and oxygen atoms in total. The molecule has 0 spiro atoms. The number of hydrogen-bond donors (Lipinski definition) is 2. The zero-order valence-corrected chi connectivity index (χ0v) is 19.0. The molecule has 2 aromatic rings. The number of sulfonamides is 1. The lowest BCUT2D eigenvalue weighted by Crippen LogP contribution is -2.48. The largest absolute Gasteiger partial charge is 0.473 e. The number of aliphatic carboxylic acids is 2. The fourth-order valence-electron chi connectivity index (χ4n) is 2.98. The second-order valence-corrected chi connectivity index (χ2v) is 9.77. The summed E-state index contributed by atoms with van der Waals surface area (Å²) in [6.45, 7) is 5.43. The van der Waals surface area contributed by atoms with E-state index in [1.54, 1.807) is 28.2 Å². The lowest BCUT2D eigenvalue weighted by atomic mass is 10.2. The third kappa shape index (κ3) is 7.35. The molecule has 2 N–H and O–H groups in total. The first-order chi connectivity index (χ1) is 14.6. The van der Waals surface area contributed by atoms with Crippen molar-refractivity contribution < 1.29 is 28.2 Å². The van der Waals surface area contributed by atoms with E-state index in [0.29, 0.717) is 18.0 Å². The van der Waals surface area contributed by atoms with E-state index < -0.39 is 22.0 Å². The SMILES string of the molecule is CSc1ccc(CN2CCN(S(=O)(=O)c3ccc(C)cc3)CC2)cc1.O=C(O)C(=O)O. The van der Waals surface area contributed by atoms with Crippen LogP contribution in [0.4, 0.5) is 0 Å². The molecular formula is C21H26N2O6S2. The van der Waals surface area contributed by atoms with Gasteiger partial charge in [0.1, 0.15) is 0 Å². The van der Waals surface area contributed by atoms with Gasteiger partial charge < -0.3 is 10.2 Å². The zero-order valence-electron chi connectivity index (χ0n) is 17.4. The van der Waals surface area contributed by atoms with E-state index in [0.717, 1.165) is 25.2 Å². The maximum Gasteiger partial charge on any atom is 0.414 e. The van der Waals surface area contributed by atoms with Gasteiger partial charge in [-0.1, -0.05) is 29.8 Å². The monoisotopic (exact) mass is 466 g/mol. The summed E-state index contributed by atoms with van der Waals surface area (Å²) in [5.41, 5.74) is 2.34. The Labute approximate surface area is 186 Å². The van der Waals surface area contributed by atoms with Crippen molar-refractivity contribution in [3.05, 3.63) is 59.7 Å². The molecule has 31 heavy (non-hydrogen) atoms. The molecule has 0 atom stereocenters. The highest BCUT2D eigenvalue weighted by atomic mass is 32.2. The van der Waals surface area contributed by atoms with Crippen LogP contribution in [0, 0.1) is 6.92 Å². The van der Waals surface area contributed by atoms with Crippen molar-refractivity contribution in [2.75, 3.05) is 32.4 Å². The number of aryl methyl sites for hydroxylation is 1. The molecule has 0 radical (unpaired) electrons. The van der Waals surface area contributed by atoms with Crippen LogP contribution in [0.15, 0.2) is 58.3 Å². The maximum atomic E-state index is 12.7. The highest BCUT2D eigenvalue weighted by Gasteiger charge is 2.28. The van der Waals surface area contributed by atoms with Crippen molar-refractivity contribution in [3.8, 4) is 0 Å². The highest BCUT2D eigenvalue weighted by Crippen LogP contribution is 2.20. The minimum Gasteiger partial charge on any atom is -0.473 e. The third-order valence-electron chi connectivity index (χ3n) is 4.74. The minimum atomic E-state index is -3.38. The van der Waals surface area contributed by atoms with Gasteiger partial charge in [-0.25, -0.2) is 18.0 Å². The molecule has 1 aliphatic rings. The average molecular weight is 467 g/mol. The number of benzene rings is 2. The topological polar surface area (TPSA) is 115 Å². The Bertz CT molecular complexity index is 972. The molecule has 1 saturated heterocycles. The first kappa shape index (κ1) is 24.9. The van der Waals surface area contributed by atoms with Crippen LogP contribution in [0.1, 0.15) is 11.1 Å². The predicted octanol–water partition coefficient (Wildman–Crippen LogP) is 2.38. The standard InChI is InChI=1S/C19H24N2O2S2.C2H2O4/c1-16-3-9-19(10-4-16)25(22,23)21-13-11-20(12-14-21)15-17-5-7-18(24-2)8-6-17;3-1(4)2(5)6/h3-10H,11-15H2,1-2H3;(H,3,4)(H,5,6). The number of rotatable bonds is 5. The molecule has 168 valence electrons. The van der Waals surface area contributed by atoms with E-state index in [1.807, 2.05) is 19.1 Å². The van der Waals surface area contributed by atoms with E-state index in [4.69, 9.17) is 19.8 Å². The number of carboxylic acids is 2. The molecule has 0 unspecified atom stereocenters. The van der Waals surface area contributed by atoms with Gasteiger partial charge in [0.25, 0.3) is 0 Å². The molecular weight excluding hydrogens is 440 g/mol. The van der Waals surface area contributed by atoms with Crippen LogP contribution in [0.25, 0.3) is 0 Å². The third-order valence-corrected chi connectivity index (χ3v) is 7.39. The van der Waals surface area contributed by atoms with Gasteiger partial charge in [0, 0.05) is 37.6 Å². The molecule has 0 aromatic heterocycles. The normalized spacial score (nSPS) is 15.0. The Morgan fingerprint density at radius 3 is 1.87 bits per heavy atom. The van der Waals surface area contributed by atoms with Gasteiger partial charge in [0.15, 0.2) is 0 Å². The zero-order chi connectivity index (χ0) is 23.0. The molecule has 0 saturated carbocycles. The average Bonchev–Trinajstić information content (AvgIpc) is 2.75. The molecule has 1 aliphatic heterocycles. The van der Waals surface area contributed by atoms with E-state index in [1.165, 1.54) is 10.5 Å². The van der Waals surface area contributed by atoms with E-state index in [-0.39, 0.29) is 0 Å². The summed E-state index contributed by atoms with van der Waals surface area (Å²) in [5, 5.41) is 14.8. The van der Waals surface area contributed by atoms with Crippen LogP contribution < -0.4 is 0 Å². The van der Waals surface area contributed by atoms with E-state index in [9.17, 15) is 8.42 Å². The van der Waals surface area contributed by atoms with Crippen LogP contribution >= 0.6 is 11.8 Å². The van der Waals surface area contributed by atoms with Gasteiger partial charge in [0.2, 0.25) is 10.0 Å². The van der Waals surface area contributed by atoms with Crippen LogP contribution in [-0.2, 0) is 26.2 Å². The number of nitrogens with zero attached hydrogens (tertiary/aromatic N) is 2. The summed E-state index contributed by atoms with van der Waals surface area (Å²) in [6.07, 6.45) is 2.07. The number of hydrogen-bond acceptors (Lipinski definition) is 6. The van der Waals surface area contributed by atoms with Crippen LogP contribution in [0.5, 0.6) is 0 Å². The number of piperazine rings is 1. The molecule has 0 aliphatic carbocycles. The fourth-order valence-corrected chi connectivity index (χ4v) is 4.81.